The lowest BCUT2D eigenvalue weighted by Crippen LogP contribution is -2.38. The Kier molecular flexibility index (Phi) is 4.44. The zero-order valence-corrected chi connectivity index (χ0v) is 10.6. The smallest absolute Gasteiger partial charge is 0.0522 e. The standard InChI is InChI=1S/C13H19N5/c1-2-18-10-12(9-16-18)8-13(17-14)7-11-3-5-15-6-4-11/h3-6,9-10,13,17H,2,7-8,14H2,1H3. The topological polar surface area (TPSA) is 68.8 Å². The fourth-order valence-corrected chi connectivity index (χ4v) is 1.96. The zero-order valence-electron chi connectivity index (χ0n) is 10.6. The summed E-state index contributed by atoms with van der Waals surface area (Å²) < 4.78 is 1.93. The number of aryl methyl sites for hydroxylation is 1. The SMILES string of the molecule is CCn1cc(CC(Cc2ccncc2)NN)cn1. The van der Waals surface area contributed by atoms with Crippen LogP contribution in [0.2, 0.25) is 0 Å². The minimum atomic E-state index is 0.210. The molecular formula is C13H19N5. The van der Waals surface area contributed by atoms with Crippen molar-refractivity contribution in [3.8, 4) is 0 Å². The molecule has 2 aromatic rings. The Bertz CT molecular complexity index is 465. The second-order valence-corrected chi connectivity index (χ2v) is 4.33. The molecule has 0 saturated carbocycles. The van der Waals surface area contributed by atoms with E-state index in [1.54, 1.807) is 12.4 Å². The van der Waals surface area contributed by atoms with Crippen LogP contribution in [-0.2, 0) is 19.4 Å². The molecular weight excluding hydrogens is 226 g/mol. The van der Waals surface area contributed by atoms with Gasteiger partial charge in [0.15, 0.2) is 0 Å². The van der Waals surface area contributed by atoms with Gasteiger partial charge in [0.2, 0.25) is 0 Å². The van der Waals surface area contributed by atoms with E-state index in [2.05, 4.69) is 28.6 Å². The van der Waals surface area contributed by atoms with Crippen molar-refractivity contribution in [3.05, 3.63) is 48.0 Å². The molecule has 0 aromatic carbocycles. The summed E-state index contributed by atoms with van der Waals surface area (Å²) in [7, 11) is 0. The predicted octanol–water partition coefficient (Wildman–Crippen LogP) is 0.915. The number of hydrazine groups is 1. The zero-order chi connectivity index (χ0) is 12.8. The van der Waals surface area contributed by atoms with Crippen molar-refractivity contribution in [3.63, 3.8) is 0 Å². The predicted molar refractivity (Wildman–Crippen MR) is 70.7 cm³/mol. The van der Waals surface area contributed by atoms with Gasteiger partial charge >= 0.3 is 0 Å². The first-order valence-electron chi connectivity index (χ1n) is 6.18. The summed E-state index contributed by atoms with van der Waals surface area (Å²) in [5.41, 5.74) is 5.30. The van der Waals surface area contributed by atoms with Gasteiger partial charge in [0.25, 0.3) is 0 Å². The lowest BCUT2D eigenvalue weighted by atomic mass is 10.0. The second kappa shape index (κ2) is 6.28. The number of rotatable bonds is 6. The van der Waals surface area contributed by atoms with Gasteiger partial charge in [-0.05, 0) is 43.0 Å². The first kappa shape index (κ1) is 12.7. The van der Waals surface area contributed by atoms with Crippen LogP contribution in [0.25, 0.3) is 0 Å². The van der Waals surface area contributed by atoms with Gasteiger partial charge in [-0.2, -0.15) is 5.10 Å². The first-order chi connectivity index (χ1) is 8.81. The van der Waals surface area contributed by atoms with Crippen LogP contribution < -0.4 is 11.3 Å². The molecule has 0 aliphatic carbocycles. The van der Waals surface area contributed by atoms with Crippen molar-refractivity contribution < 1.29 is 0 Å². The van der Waals surface area contributed by atoms with Crippen molar-refractivity contribution in [2.75, 3.05) is 0 Å². The number of aromatic nitrogens is 3. The van der Waals surface area contributed by atoms with Crippen molar-refractivity contribution in [1.82, 2.24) is 20.2 Å². The maximum absolute atomic E-state index is 5.61. The Morgan fingerprint density at radius 3 is 2.61 bits per heavy atom. The van der Waals surface area contributed by atoms with Crippen LogP contribution in [0.4, 0.5) is 0 Å². The van der Waals surface area contributed by atoms with Crippen molar-refractivity contribution >= 4 is 0 Å². The molecule has 5 nitrogen and oxygen atoms in total. The summed E-state index contributed by atoms with van der Waals surface area (Å²) in [6.07, 6.45) is 9.34. The first-order valence-corrected chi connectivity index (χ1v) is 6.18. The van der Waals surface area contributed by atoms with Crippen LogP contribution in [0, 0.1) is 0 Å². The largest absolute Gasteiger partial charge is 0.273 e. The molecule has 0 fully saturated rings. The summed E-state index contributed by atoms with van der Waals surface area (Å²) >= 11 is 0. The summed E-state index contributed by atoms with van der Waals surface area (Å²) in [6.45, 7) is 2.97. The number of nitrogens with one attached hydrogen (secondary N) is 1. The summed E-state index contributed by atoms with van der Waals surface area (Å²) in [6, 6.07) is 4.24. The van der Waals surface area contributed by atoms with E-state index in [9.17, 15) is 0 Å². The highest BCUT2D eigenvalue weighted by Gasteiger charge is 2.10. The highest BCUT2D eigenvalue weighted by molar-refractivity contribution is 5.13. The van der Waals surface area contributed by atoms with E-state index in [0.717, 1.165) is 19.4 Å². The van der Waals surface area contributed by atoms with Gasteiger partial charge in [-0.15, -0.1) is 0 Å². The molecule has 18 heavy (non-hydrogen) atoms. The van der Waals surface area contributed by atoms with Crippen LogP contribution in [0.15, 0.2) is 36.9 Å². The van der Waals surface area contributed by atoms with E-state index in [4.69, 9.17) is 5.84 Å². The average Bonchev–Trinajstić information content (AvgIpc) is 2.87. The molecule has 0 bridgehead atoms. The number of nitrogens with two attached hydrogens (primary N) is 1. The molecule has 0 spiro atoms. The highest BCUT2D eigenvalue weighted by Crippen LogP contribution is 2.07. The quantitative estimate of drug-likeness (QED) is 0.586. The molecule has 0 aliphatic rings. The maximum atomic E-state index is 5.61. The Labute approximate surface area is 107 Å². The average molecular weight is 245 g/mol. The highest BCUT2D eigenvalue weighted by atomic mass is 15.3. The van der Waals surface area contributed by atoms with E-state index in [1.807, 2.05) is 23.0 Å². The van der Waals surface area contributed by atoms with Gasteiger partial charge in [-0.25, -0.2) is 0 Å². The van der Waals surface area contributed by atoms with Gasteiger partial charge in [0.05, 0.1) is 6.20 Å². The van der Waals surface area contributed by atoms with E-state index >= 15 is 0 Å². The summed E-state index contributed by atoms with van der Waals surface area (Å²) in [4.78, 5) is 4.01. The lowest BCUT2D eigenvalue weighted by molar-refractivity contribution is 0.522. The Morgan fingerprint density at radius 1 is 1.28 bits per heavy atom. The van der Waals surface area contributed by atoms with E-state index < -0.39 is 0 Å². The molecule has 1 atom stereocenters. The molecule has 2 rings (SSSR count). The number of nitrogens with zero attached hydrogens (tertiary/aromatic N) is 3. The van der Waals surface area contributed by atoms with Crippen molar-refractivity contribution in [2.45, 2.75) is 32.4 Å². The molecule has 96 valence electrons. The Hall–Kier alpha value is -1.72. The van der Waals surface area contributed by atoms with Gasteiger partial charge in [0, 0.05) is 31.2 Å². The monoisotopic (exact) mass is 245 g/mol. The number of pyridine rings is 1. The molecule has 0 saturated heterocycles. The molecule has 1 unspecified atom stereocenters. The summed E-state index contributed by atoms with van der Waals surface area (Å²) in [5.74, 6) is 5.61. The second-order valence-electron chi connectivity index (χ2n) is 4.33. The van der Waals surface area contributed by atoms with Crippen molar-refractivity contribution in [2.24, 2.45) is 5.84 Å². The fraction of sp³-hybridized carbons (Fsp3) is 0.385. The Balaban J connectivity index is 1.97. The third-order valence-corrected chi connectivity index (χ3v) is 2.96. The van der Waals surface area contributed by atoms with E-state index in [1.165, 1.54) is 11.1 Å². The normalized spacial score (nSPS) is 12.6. The van der Waals surface area contributed by atoms with E-state index in [-0.39, 0.29) is 6.04 Å². The van der Waals surface area contributed by atoms with Gasteiger partial charge in [-0.3, -0.25) is 20.9 Å². The summed E-state index contributed by atoms with van der Waals surface area (Å²) in [5, 5.41) is 4.27. The molecule has 2 aromatic heterocycles. The number of hydrogen-bond acceptors (Lipinski definition) is 4. The van der Waals surface area contributed by atoms with Gasteiger partial charge < -0.3 is 0 Å². The van der Waals surface area contributed by atoms with Gasteiger partial charge in [-0.1, -0.05) is 0 Å². The molecule has 0 radical (unpaired) electrons. The molecule has 0 amide bonds. The molecule has 5 heteroatoms. The van der Waals surface area contributed by atoms with Crippen LogP contribution in [0.3, 0.4) is 0 Å². The fourth-order valence-electron chi connectivity index (χ4n) is 1.96. The van der Waals surface area contributed by atoms with Crippen LogP contribution in [0.1, 0.15) is 18.1 Å². The third kappa shape index (κ3) is 3.38. The minimum absolute atomic E-state index is 0.210. The van der Waals surface area contributed by atoms with Crippen LogP contribution in [0.5, 0.6) is 0 Å². The van der Waals surface area contributed by atoms with Crippen LogP contribution in [-0.4, -0.2) is 20.8 Å². The van der Waals surface area contributed by atoms with Crippen LogP contribution >= 0.6 is 0 Å². The van der Waals surface area contributed by atoms with Gasteiger partial charge in [0.1, 0.15) is 0 Å². The molecule has 3 N–H and O–H groups in total. The van der Waals surface area contributed by atoms with Crippen molar-refractivity contribution in [1.29, 1.82) is 0 Å². The lowest BCUT2D eigenvalue weighted by Gasteiger charge is -2.14. The third-order valence-electron chi connectivity index (χ3n) is 2.96. The van der Waals surface area contributed by atoms with E-state index in [0.29, 0.717) is 0 Å². The number of hydrogen-bond donors (Lipinski definition) is 2. The minimum Gasteiger partial charge on any atom is -0.273 e. The molecule has 0 aliphatic heterocycles. The molecule has 2 heterocycles. The Morgan fingerprint density at radius 2 is 2.00 bits per heavy atom. The maximum Gasteiger partial charge on any atom is 0.0522 e.